The van der Waals surface area contributed by atoms with Gasteiger partial charge in [-0.3, -0.25) is 0 Å². The van der Waals surface area contributed by atoms with Crippen LogP contribution in [-0.2, 0) is 0 Å². The van der Waals surface area contributed by atoms with Crippen molar-refractivity contribution in [3.8, 4) is 0 Å². The topological polar surface area (TPSA) is 0 Å². The van der Waals surface area contributed by atoms with E-state index in [1.807, 2.05) is 0 Å². The van der Waals surface area contributed by atoms with Crippen LogP contribution >= 0.6 is 22.6 Å². The molecule has 1 aromatic rings. The highest BCUT2D eigenvalue weighted by molar-refractivity contribution is 14.1. The summed E-state index contributed by atoms with van der Waals surface area (Å²) in [6.07, 6.45) is 2.80. The number of rotatable bonds is 2. The molecule has 0 heterocycles. The van der Waals surface area contributed by atoms with Crippen LogP contribution in [0.25, 0.3) is 0 Å². The predicted molar refractivity (Wildman–Crippen MR) is 60.9 cm³/mol. The van der Waals surface area contributed by atoms with Gasteiger partial charge in [-0.25, -0.2) is 0 Å². The molecule has 64 valence electrons. The molecule has 0 aliphatic heterocycles. The van der Waals surface area contributed by atoms with E-state index in [1.54, 1.807) is 0 Å². The van der Waals surface area contributed by atoms with Gasteiger partial charge in [-0.15, -0.1) is 0 Å². The van der Waals surface area contributed by atoms with E-state index in [1.165, 1.54) is 24.0 Å². The van der Waals surface area contributed by atoms with E-state index >= 15 is 0 Å². The van der Waals surface area contributed by atoms with Gasteiger partial charge in [0.25, 0.3) is 0 Å². The lowest BCUT2D eigenvalue weighted by atomic mass is 10.1. The molecule has 1 saturated carbocycles. The third-order valence-corrected chi connectivity index (χ3v) is 3.16. The summed E-state index contributed by atoms with van der Waals surface area (Å²) < 4.78 is 0.635. The predicted octanol–water partition coefficient (Wildman–Crippen LogP) is 4.06. The summed E-state index contributed by atoms with van der Waals surface area (Å²) in [5, 5.41) is 0. The molecule has 0 saturated heterocycles. The van der Waals surface area contributed by atoms with E-state index < -0.39 is 0 Å². The zero-order chi connectivity index (χ0) is 8.55. The number of alkyl halides is 1. The first-order chi connectivity index (χ1) is 5.77. The summed E-state index contributed by atoms with van der Waals surface area (Å²) in [6, 6.07) is 9.12. The Morgan fingerprint density at radius 2 is 1.83 bits per heavy atom. The van der Waals surface area contributed by atoms with Crippen molar-refractivity contribution in [2.45, 2.75) is 29.6 Å². The fourth-order valence-electron chi connectivity index (χ4n) is 1.45. The number of hydrogen-bond acceptors (Lipinski definition) is 0. The van der Waals surface area contributed by atoms with E-state index in [-0.39, 0.29) is 0 Å². The van der Waals surface area contributed by atoms with Gasteiger partial charge < -0.3 is 0 Å². The third-order valence-electron chi connectivity index (χ3n) is 2.44. The fraction of sp³-hybridized carbons (Fsp3) is 0.455. The number of hydrogen-bond donors (Lipinski definition) is 0. The normalized spacial score (nSPS) is 19.2. The lowest BCUT2D eigenvalue weighted by Gasteiger charge is -2.04. The molecule has 0 amide bonds. The van der Waals surface area contributed by atoms with E-state index in [4.69, 9.17) is 0 Å². The maximum absolute atomic E-state index is 2.45. The largest absolute Gasteiger partial charge is 0.0777 e. The van der Waals surface area contributed by atoms with Crippen molar-refractivity contribution in [3.05, 3.63) is 35.4 Å². The molecule has 1 aromatic carbocycles. The van der Waals surface area contributed by atoms with Gasteiger partial charge in [0, 0.05) is 3.92 Å². The summed E-state index contributed by atoms with van der Waals surface area (Å²) in [7, 11) is 0. The molecule has 0 radical (unpaired) electrons. The Balaban J connectivity index is 2.18. The van der Waals surface area contributed by atoms with Crippen molar-refractivity contribution in [1.82, 2.24) is 0 Å². The van der Waals surface area contributed by atoms with Crippen molar-refractivity contribution in [3.63, 3.8) is 0 Å². The summed E-state index contributed by atoms with van der Waals surface area (Å²) in [5.41, 5.74) is 2.98. The highest BCUT2D eigenvalue weighted by Crippen LogP contribution is 2.40. The standard InChI is InChI=1S/C11H13I/c1-8(12)9-2-4-10(5-3-9)11-6-7-11/h2-5,8,11H,6-7H2,1H3. The van der Waals surface area contributed by atoms with Gasteiger partial charge in [-0.2, -0.15) is 0 Å². The molecule has 1 unspecified atom stereocenters. The first-order valence-corrected chi connectivity index (χ1v) is 5.76. The molecule has 0 N–H and O–H groups in total. The second-order valence-corrected chi connectivity index (χ2v) is 5.43. The minimum absolute atomic E-state index is 0.635. The molecular weight excluding hydrogens is 259 g/mol. The molecule has 1 aliphatic carbocycles. The van der Waals surface area contributed by atoms with Crippen LogP contribution in [0, 0.1) is 0 Å². The van der Waals surface area contributed by atoms with Gasteiger partial charge in [0.15, 0.2) is 0 Å². The lowest BCUT2D eigenvalue weighted by Crippen LogP contribution is -1.84. The summed E-state index contributed by atoms with van der Waals surface area (Å²) >= 11 is 2.45. The molecule has 1 aliphatic rings. The van der Waals surface area contributed by atoms with Crippen LogP contribution in [0.3, 0.4) is 0 Å². The highest BCUT2D eigenvalue weighted by Gasteiger charge is 2.22. The van der Waals surface area contributed by atoms with Crippen molar-refractivity contribution < 1.29 is 0 Å². The van der Waals surface area contributed by atoms with Crippen molar-refractivity contribution >= 4 is 22.6 Å². The van der Waals surface area contributed by atoms with E-state index in [2.05, 4.69) is 53.8 Å². The van der Waals surface area contributed by atoms with Crippen LogP contribution in [0.1, 0.15) is 40.7 Å². The molecule has 1 atom stereocenters. The highest BCUT2D eigenvalue weighted by atomic mass is 127. The smallest absolute Gasteiger partial charge is 0.0331 e. The number of halogens is 1. The van der Waals surface area contributed by atoms with Crippen LogP contribution in [0.15, 0.2) is 24.3 Å². The average molecular weight is 272 g/mol. The Morgan fingerprint density at radius 1 is 1.25 bits per heavy atom. The lowest BCUT2D eigenvalue weighted by molar-refractivity contribution is 1.10. The molecule has 0 nitrogen and oxygen atoms in total. The Kier molecular flexibility index (Phi) is 2.40. The van der Waals surface area contributed by atoms with Crippen LogP contribution in [-0.4, -0.2) is 0 Å². The number of benzene rings is 1. The third kappa shape index (κ3) is 1.82. The Bertz CT molecular complexity index is 236. The Hall–Kier alpha value is -0.0500. The monoisotopic (exact) mass is 272 g/mol. The van der Waals surface area contributed by atoms with Gasteiger partial charge >= 0.3 is 0 Å². The zero-order valence-corrected chi connectivity index (χ0v) is 9.41. The van der Waals surface area contributed by atoms with E-state index in [0.717, 1.165) is 5.92 Å². The molecule has 2 rings (SSSR count). The van der Waals surface area contributed by atoms with E-state index in [9.17, 15) is 0 Å². The Morgan fingerprint density at radius 3 is 2.25 bits per heavy atom. The first-order valence-electron chi connectivity index (χ1n) is 4.51. The quantitative estimate of drug-likeness (QED) is 0.562. The van der Waals surface area contributed by atoms with Gasteiger partial charge in [-0.05, 0) is 36.8 Å². The molecule has 12 heavy (non-hydrogen) atoms. The van der Waals surface area contributed by atoms with Crippen molar-refractivity contribution in [1.29, 1.82) is 0 Å². The van der Waals surface area contributed by atoms with Gasteiger partial charge in [0.1, 0.15) is 0 Å². The van der Waals surface area contributed by atoms with Crippen molar-refractivity contribution in [2.24, 2.45) is 0 Å². The summed E-state index contributed by atoms with van der Waals surface area (Å²) in [5.74, 6) is 0.892. The fourth-order valence-corrected chi connectivity index (χ4v) is 1.87. The SMILES string of the molecule is CC(I)c1ccc(C2CC2)cc1. The zero-order valence-electron chi connectivity index (χ0n) is 7.26. The molecule has 1 heteroatoms. The molecule has 1 fully saturated rings. The maximum Gasteiger partial charge on any atom is 0.0331 e. The second-order valence-electron chi connectivity index (χ2n) is 3.56. The molecule has 0 bridgehead atoms. The summed E-state index contributed by atoms with van der Waals surface area (Å²) in [4.78, 5) is 0. The average Bonchev–Trinajstić information content (AvgIpc) is 2.87. The summed E-state index contributed by atoms with van der Waals surface area (Å²) in [6.45, 7) is 2.23. The minimum atomic E-state index is 0.635. The molecule has 0 spiro atoms. The molecular formula is C11H13I. The van der Waals surface area contributed by atoms with Crippen molar-refractivity contribution in [2.75, 3.05) is 0 Å². The van der Waals surface area contributed by atoms with Crippen LogP contribution in [0.2, 0.25) is 0 Å². The second kappa shape index (κ2) is 3.36. The maximum atomic E-state index is 2.45. The van der Waals surface area contributed by atoms with Crippen LogP contribution in [0.4, 0.5) is 0 Å². The molecule has 0 aromatic heterocycles. The van der Waals surface area contributed by atoms with Crippen LogP contribution in [0.5, 0.6) is 0 Å². The van der Waals surface area contributed by atoms with Crippen LogP contribution < -0.4 is 0 Å². The Labute approximate surface area is 87.5 Å². The van der Waals surface area contributed by atoms with E-state index in [0.29, 0.717) is 3.92 Å². The van der Waals surface area contributed by atoms with Gasteiger partial charge in [0.2, 0.25) is 0 Å². The first kappa shape index (κ1) is 8.54. The van der Waals surface area contributed by atoms with Gasteiger partial charge in [-0.1, -0.05) is 46.9 Å². The minimum Gasteiger partial charge on any atom is -0.0777 e. The van der Waals surface area contributed by atoms with Gasteiger partial charge in [0.05, 0.1) is 0 Å².